The summed E-state index contributed by atoms with van der Waals surface area (Å²) in [5.41, 5.74) is 2.54. The lowest BCUT2D eigenvalue weighted by Gasteiger charge is -2.02. The van der Waals surface area contributed by atoms with E-state index in [0.717, 1.165) is 22.4 Å². The average molecular weight is 308 g/mol. The molecular formula is C14H14BrNS. The van der Waals surface area contributed by atoms with E-state index in [1.807, 2.05) is 30.1 Å². The molecule has 17 heavy (non-hydrogen) atoms. The molecule has 0 bridgehead atoms. The van der Waals surface area contributed by atoms with Crippen LogP contribution in [0.2, 0.25) is 0 Å². The van der Waals surface area contributed by atoms with E-state index >= 15 is 0 Å². The smallest absolute Gasteiger partial charge is 0.0411 e. The van der Waals surface area contributed by atoms with Crippen LogP contribution in [0.25, 0.3) is 0 Å². The summed E-state index contributed by atoms with van der Waals surface area (Å²) < 4.78 is 1.15. The molecule has 0 fully saturated rings. The van der Waals surface area contributed by atoms with E-state index in [9.17, 15) is 0 Å². The lowest BCUT2D eigenvalue weighted by Crippen LogP contribution is -1.92. The van der Waals surface area contributed by atoms with Crippen LogP contribution in [0.3, 0.4) is 0 Å². The summed E-state index contributed by atoms with van der Waals surface area (Å²) in [5, 5.41) is 0. The van der Waals surface area contributed by atoms with E-state index in [2.05, 4.69) is 51.2 Å². The number of hydrogen-bond donors (Lipinski definition) is 0. The third-order valence-corrected chi connectivity index (χ3v) is 3.91. The molecule has 0 N–H and O–H groups in total. The molecule has 0 aliphatic carbocycles. The van der Waals surface area contributed by atoms with E-state index in [4.69, 9.17) is 0 Å². The Hall–Kier alpha value is -0.800. The number of benzene rings is 1. The zero-order valence-corrected chi connectivity index (χ0v) is 11.9. The second kappa shape index (κ2) is 6.82. The number of halogens is 1. The van der Waals surface area contributed by atoms with Crippen LogP contribution >= 0.6 is 27.7 Å². The third-order valence-electron chi connectivity index (χ3n) is 2.39. The zero-order chi connectivity index (χ0) is 11.9. The summed E-state index contributed by atoms with van der Waals surface area (Å²) in [6.07, 6.45) is 2.90. The molecule has 88 valence electrons. The van der Waals surface area contributed by atoms with Crippen molar-refractivity contribution in [3.05, 3.63) is 64.4 Å². The molecule has 1 aromatic carbocycles. The minimum absolute atomic E-state index is 1.04. The monoisotopic (exact) mass is 307 g/mol. The number of hydrogen-bond acceptors (Lipinski definition) is 2. The molecule has 0 saturated carbocycles. The molecule has 2 aromatic rings. The highest BCUT2D eigenvalue weighted by atomic mass is 79.9. The Balaban J connectivity index is 1.73. The molecule has 1 nitrogen and oxygen atoms in total. The molecule has 0 unspecified atom stereocenters. The molecular weight excluding hydrogens is 294 g/mol. The van der Waals surface area contributed by atoms with Gasteiger partial charge in [-0.25, -0.2) is 0 Å². The van der Waals surface area contributed by atoms with Crippen LogP contribution in [0.4, 0.5) is 0 Å². The summed E-state index contributed by atoms with van der Waals surface area (Å²) in [4.78, 5) is 4.32. The van der Waals surface area contributed by atoms with Gasteiger partial charge in [-0.3, -0.25) is 4.98 Å². The predicted molar refractivity (Wildman–Crippen MR) is 78.2 cm³/mol. The lowest BCUT2D eigenvalue weighted by molar-refractivity contribution is 1.05. The first kappa shape index (κ1) is 12.7. The molecule has 0 atom stereocenters. The topological polar surface area (TPSA) is 12.9 Å². The largest absolute Gasteiger partial charge is 0.261 e. The Bertz CT molecular complexity index is 459. The summed E-state index contributed by atoms with van der Waals surface area (Å²) in [7, 11) is 0. The van der Waals surface area contributed by atoms with Gasteiger partial charge in [0.25, 0.3) is 0 Å². The highest BCUT2D eigenvalue weighted by Crippen LogP contribution is 2.17. The van der Waals surface area contributed by atoms with Crippen LogP contribution in [0.15, 0.2) is 53.1 Å². The third kappa shape index (κ3) is 4.52. The summed E-state index contributed by atoms with van der Waals surface area (Å²) >= 11 is 5.44. The zero-order valence-electron chi connectivity index (χ0n) is 9.47. The molecule has 0 aliphatic rings. The molecule has 0 aliphatic heterocycles. The van der Waals surface area contributed by atoms with Crippen molar-refractivity contribution in [2.24, 2.45) is 0 Å². The van der Waals surface area contributed by atoms with E-state index in [1.54, 1.807) is 0 Å². The van der Waals surface area contributed by atoms with Gasteiger partial charge in [-0.05, 0) is 42.0 Å². The highest BCUT2D eigenvalue weighted by Gasteiger charge is 1.96. The van der Waals surface area contributed by atoms with Gasteiger partial charge >= 0.3 is 0 Å². The number of nitrogens with zero attached hydrogens (tertiary/aromatic N) is 1. The van der Waals surface area contributed by atoms with Gasteiger partial charge in [-0.15, -0.1) is 0 Å². The molecule has 0 saturated heterocycles. The Labute approximate surface area is 115 Å². The van der Waals surface area contributed by atoms with Gasteiger partial charge in [0.15, 0.2) is 0 Å². The number of aromatic nitrogens is 1. The highest BCUT2D eigenvalue weighted by molar-refractivity contribution is 9.10. The lowest BCUT2D eigenvalue weighted by atomic mass is 10.2. The van der Waals surface area contributed by atoms with Crippen molar-refractivity contribution in [2.75, 3.05) is 5.75 Å². The second-order valence-corrected chi connectivity index (χ2v) is 5.77. The van der Waals surface area contributed by atoms with Crippen molar-refractivity contribution in [2.45, 2.75) is 12.2 Å². The second-order valence-electron chi connectivity index (χ2n) is 3.75. The first-order chi connectivity index (χ1) is 8.34. The van der Waals surface area contributed by atoms with Crippen molar-refractivity contribution in [1.82, 2.24) is 4.98 Å². The Morgan fingerprint density at radius 3 is 2.82 bits per heavy atom. The van der Waals surface area contributed by atoms with Crippen LogP contribution < -0.4 is 0 Å². The Morgan fingerprint density at radius 1 is 1.12 bits per heavy atom. The Kier molecular flexibility index (Phi) is 5.08. The summed E-state index contributed by atoms with van der Waals surface area (Å²) in [6.45, 7) is 0. The number of rotatable bonds is 5. The van der Waals surface area contributed by atoms with E-state index < -0.39 is 0 Å². The normalized spacial score (nSPS) is 10.4. The quantitative estimate of drug-likeness (QED) is 0.763. The van der Waals surface area contributed by atoms with Crippen LogP contribution in [-0.4, -0.2) is 10.7 Å². The molecule has 0 amide bonds. The van der Waals surface area contributed by atoms with Crippen LogP contribution in [0.1, 0.15) is 11.3 Å². The fraction of sp³-hybridized carbons (Fsp3) is 0.214. The number of thioether (sulfide) groups is 1. The van der Waals surface area contributed by atoms with E-state index in [-0.39, 0.29) is 0 Å². The van der Waals surface area contributed by atoms with Gasteiger partial charge in [0, 0.05) is 22.1 Å². The van der Waals surface area contributed by atoms with Gasteiger partial charge in [0.2, 0.25) is 0 Å². The van der Waals surface area contributed by atoms with Gasteiger partial charge in [-0.1, -0.05) is 34.1 Å². The summed E-state index contributed by atoms with van der Waals surface area (Å²) in [6, 6.07) is 14.6. The molecule has 3 heteroatoms. The van der Waals surface area contributed by atoms with E-state index in [0.29, 0.717) is 0 Å². The minimum Gasteiger partial charge on any atom is -0.261 e. The fourth-order valence-electron chi connectivity index (χ4n) is 1.54. The van der Waals surface area contributed by atoms with Crippen molar-refractivity contribution >= 4 is 27.7 Å². The number of pyridine rings is 1. The summed E-state index contributed by atoms with van der Waals surface area (Å²) in [5.74, 6) is 2.18. The molecule has 1 heterocycles. The van der Waals surface area contributed by atoms with Gasteiger partial charge in [0.1, 0.15) is 0 Å². The van der Waals surface area contributed by atoms with Crippen LogP contribution in [0.5, 0.6) is 0 Å². The van der Waals surface area contributed by atoms with Crippen molar-refractivity contribution in [3.8, 4) is 0 Å². The van der Waals surface area contributed by atoms with Crippen molar-refractivity contribution in [1.29, 1.82) is 0 Å². The molecule has 1 aromatic heterocycles. The molecule has 2 rings (SSSR count). The van der Waals surface area contributed by atoms with Crippen molar-refractivity contribution in [3.63, 3.8) is 0 Å². The first-order valence-electron chi connectivity index (χ1n) is 5.57. The van der Waals surface area contributed by atoms with Crippen LogP contribution in [-0.2, 0) is 12.2 Å². The Morgan fingerprint density at radius 2 is 2.06 bits per heavy atom. The molecule has 0 spiro atoms. The maximum Gasteiger partial charge on any atom is 0.0411 e. The van der Waals surface area contributed by atoms with Crippen LogP contribution in [0, 0.1) is 0 Å². The number of aryl methyl sites for hydroxylation is 1. The fourth-order valence-corrected chi connectivity index (χ4v) is 2.90. The SMILES string of the molecule is Brc1cccc(CSCCc2ccccn2)c1. The minimum atomic E-state index is 1.04. The average Bonchev–Trinajstić information content (AvgIpc) is 2.36. The van der Waals surface area contributed by atoms with Gasteiger partial charge in [0.05, 0.1) is 0 Å². The standard InChI is InChI=1S/C14H14BrNS/c15-13-5-3-4-12(10-13)11-17-9-7-14-6-1-2-8-16-14/h1-6,8,10H,7,9,11H2. The van der Waals surface area contributed by atoms with Crippen molar-refractivity contribution < 1.29 is 0 Å². The maximum absolute atomic E-state index is 4.32. The first-order valence-corrected chi connectivity index (χ1v) is 7.51. The van der Waals surface area contributed by atoms with Gasteiger partial charge in [-0.2, -0.15) is 11.8 Å². The molecule has 0 radical (unpaired) electrons. The van der Waals surface area contributed by atoms with Gasteiger partial charge < -0.3 is 0 Å². The maximum atomic E-state index is 4.32. The predicted octanol–water partition coefficient (Wildman–Crippen LogP) is 4.32. The van der Waals surface area contributed by atoms with E-state index in [1.165, 1.54) is 11.3 Å².